The van der Waals surface area contributed by atoms with Crippen molar-refractivity contribution in [3.63, 3.8) is 0 Å². The quantitative estimate of drug-likeness (QED) is 0.476. The molecule has 0 spiro atoms. The lowest BCUT2D eigenvalue weighted by Crippen LogP contribution is -2.63. The summed E-state index contributed by atoms with van der Waals surface area (Å²) in [5.74, 6) is -2.96. The van der Waals surface area contributed by atoms with Gasteiger partial charge in [0.1, 0.15) is 6.10 Å². The van der Waals surface area contributed by atoms with Gasteiger partial charge in [0.15, 0.2) is 12.2 Å². The van der Waals surface area contributed by atoms with Gasteiger partial charge in [-0.15, -0.1) is 0 Å². The Bertz CT molecular complexity index is 820. The Labute approximate surface area is 179 Å². The van der Waals surface area contributed by atoms with Crippen LogP contribution in [0.4, 0.5) is 0 Å². The largest absolute Gasteiger partial charge is 0.456 e. The molecule has 1 N–H and O–H groups in total. The van der Waals surface area contributed by atoms with Gasteiger partial charge in [-0.2, -0.15) is 0 Å². The summed E-state index contributed by atoms with van der Waals surface area (Å²) in [6.07, 6.45) is -6.87. The lowest BCUT2D eigenvalue weighted by Gasteiger charge is -2.43. The number of rotatable bonds is 7. The van der Waals surface area contributed by atoms with Gasteiger partial charge in [0, 0.05) is 20.8 Å². The van der Waals surface area contributed by atoms with Crippen molar-refractivity contribution < 1.29 is 48.0 Å². The summed E-state index contributed by atoms with van der Waals surface area (Å²) in [6, 6.07) is 7.20. The maximum absolute atomic E-state index is 12.5. The molecule has 1 aliphatic rings. The zero-order valence-corrected chi connectivity index (χ0v) is 17.7. The van der Waals surface area contributed by atoms with Gasteiger partial charge in [0.25, 0.3) is 0 Å². The Morgan fingerprint density at radius 1 is 0.871 bits per heavy atom. The predicted octanol–water partition coefficient (Wildman–Crippen LogP) is 0.593. The van der Waals surface area contributed by atoms with Crippen LogP contribution in [-0.4, -0.2) is 66.3 Å². The first-order valence-electron chi connectivity index (χ1n) is 9.64. The molecule has 10 heteroatoms. The van der Waals surface area contributed by atoms with E-state index in [-0.39, 0.29) is 6.42 Å². The van der Waals surface area contributed by atoms with Crippen molar-refractivity contribution >= 4 is 23.9 Å². The second-order valence-corrected chi connectivity index (χ2v) is 7.04. The number of aryl methyl sites for hydroxylation is 1. The van der Waals surface area contributed by atoms with Crippen LogP contribution in [0, 0.1) is 6.92 Å². The molecule has 0 radical (unpaired) electrons. The first-order valence-corrected chi connectivity index (χ1v) is 9.64. The summed E-state index contributed by atoms with van der Waals surface area (Å²) in [6.45, 7) is 4.53. The van der Waals surface area contributed by atoms with E-state index in [1.54, 1.807) is 12.1 Å². The summed E-state index contributed by atoms with van der Waals surface area (Å²) in [5.41, 5.74) is 1.60. The van der Waals surface area contributed by atoms with Crippen LogP contribution in [0.3, 0.4) is 0 Å². The topological polar surface area (TPSA) is 135 Å². The number of carbonyl (C=O) groups is 4. The molecule has 1 heterocycles. The van der Waals surface area contributed by atoms with Crippen LogP contribution >= 0.6 is 0 Å². The third-order valence-corrected chi connectivity index (χ3v) is 4.52. The molecule has 0 bridgehead atoms. The molecule has 1 unspecified atom stereocenters. The summed E-state index contributed by atoms with van der Waals surface area (Å²) >= 11 is 0. The molecule has 10 nitrogen and oxygen atoms in total. The number of aliphatic hydroxyl groups excluding tert-OH is 1. The fourth-order valence-electron chi connectivity index (χ4n) is 3.23. The van der Waals surface area contributed by atoms with Crippen LogP contribution in [0.15, 0.2) is 24.3 Å². The highest BCUT2D eigenvalue weighted by Gasteiger charge is 2.53. The van der Waals surface area contributed by atoms with E-state index in [1.165, 1.54) is 0 Å². The molecule has 1 saturated heterocycles. The molecule has 31 heavy (non-hydrogen) atoms. The standard InChI is InChI=1S/C21H26O10/c1-11-7-5-6-8-15(11)9-17(26)31-21-20(29-14(4)25)19(28-13(3)24)18(27-12(2)23)16(10-22)30-21/h5-8,16,18-22H,9-10H2,1-4H3/t16-,18-,19+,20-,21?/m1/s1. The molecule has 1 aromatic carbocycles. The molecule has 0 amide bonds. The van der Waals surface area contributed by atoms with E-state index in [0.29, 0.717) is 0 Å². The van der Waals surface area contributed by atoms with Gasteiger partial charge in [-0.25, -0.2) is 0 Å². The van der Waals surface area contributed by atoms with Crippen LogP contribution in [0.2, 0.25) is 0 Å². The van der Waals surface area contributed by atoms with Crippen molar-refractivity contribution in [3.05, 3.63) is 35.4 Å². The number of hydrogen-bond acceptors (Lipinski definition) is 10. The van der Waals surface area contributed by atoms with Crippen LogP contribution in [0.5, 0.6) is 0 Å². The predicted molar refractivity (Wildman–Crippen MR) is 103 cm³/mol. The second kappa shape index (κ2) is 10.9. The van der Waals surface area contributed by atoms with E-state index in [9.17, 15) is 24.3 Å². The van der Waals surface area contributed by atoms with Gasteiger partial charge in [0.2, 0.25) is 12.4 Å². The molecule has 1 fully saturated rings. The van der Waals surface area contributed by atoms with Gasteiger partial charge >= 0.3 is 23.9 Å². The third kappa shape index (κ3) is 6.76. The van der Waals surface area contributed by atoms with Gasteiger partial charge in [-0.1, -0.05) is 24.3 Å². The number of hydrogen-bond donors (Lipinski definition) is 1. The SMILES string of the molecule is CC(=O)O[C@H]1[C@H](OC(C)=O)[C@@H](OC(C)=O)C(OC(=O)Cc2ccccc2C)O[C@@H]1CO. The summed E-state index contributed by atoms with van der Waals surface area (Å²) in [5, 5.41) is 9.71. The second-order valence-electron chi connectivity index (χ2n) is 7.04. The molecule has 0 aromatic heterocycles. The van der Waals surface area contributed by atoms with Crippen LogP contribution in [0.25, 0.3) is 0 Å². The van der Waals surface area contributed by atoms with Gasteiger partial charge in [-0.3, -0.25) is 19.2 Å². The van der Waals surface area contributed by atoms with Crippen LogP contribution in [0.1, 0.15) is 31.9 Å². The highest BCUT2D eigenvalue weighted by Crippen LogP contribution is 2.29. The lowest BCUT2D eigenvalue weighted by atomic mass is 9.98. The smallest absolute Gasteiger partial charge is 0.312 e. The van der Waals surface area contributed by atoms with E-state index in [2.05, 4.69) is 0 Å². The highest BCUT2D eigenvalue weighted by molar-refractivity contribution is 5.73. The maximum Gasteiger partial charge on any atom is 0.312 e. The van der Waals surface area contributed by atoms with Crippen molar-refractivity contribution in [3.8, 4) is 0 Å². The Morgan fingerprint density at radius 3 is 1.97 bits per heavy atom. The molecule has 0 aliphatic carbocycles. The zero-order valence-electron chi connectivity index (χ0n) is 17.7. The van der Waals surface area contributed by atoms with Crippen molar-refractivity contribution in [2.75, 3.05) is 6.61 Å². The fourth-order valence-corrected chi connectivity index (χ4v) is 3.23. The number of esters is 4. The number of carbonyl (C=O) groups excluding carboxylic acids is 4. The van der Waals surface area contributed by atoms with Crippen molar-refractivity contribution in [2.45, 2.75) is 64.8 Å². The van der Waals surface area contributed by atoms with E-state index in [0.717, 1.165) is 31.9 Å². The van der Waals surface area contributed by atoms with Crippen molar-refractivity contribution in [1.29, 1.82) is 0 Å². The average molecular weight is 438 g/mol. The zero-order chi connectivity index (χ0) is 23.1. The average Bonchev–Trinajstić information content (AvgIpc) is 2.67. The first-order chi connectivity index (χ1) is 14.6. The minimum atomic E-state index is -1.51. The molecule has 170 valence electrons. The summed E-state index contributed by atoms with van der Waals surface area (Å²) in [7, 11) is 0. The molecule has 1 aromatic rings. The van der Waals surface area contributed by atoms with Gasteiger partial charge < -0.3 is 28.8 Å². The van der Waals surface area contributed by atoms with Crippen molar-refractivity contribution in [1.82, 2.24) is 0 Å². The molecule has 5 atom stereocenters. The Balaban J connectivity index is 2.31. The minimum Gasteiger partial charge on any atom is -0.456 e. The summed E-state index contributed by atoms with van der Waals surface area (Å²) < 4.78 is 26.5. The minimum absolute atomic E-state index is 0.0886. The molecule has 0 saturated carbocycles. The third-order valence-electron chi connectivity index (χ3n) is 4.52. The molecule has 2 rings (SSSR count). The number of ether oxygens (including phenoxy) is 5. The number of benzene rings is 1. The van der Waals surface area contributed by atoms with E-state index < -0.39 is 61.2 Å². The van der Waals surface area contributed by atoms with E-state index in [1.807, 2.05) is 19.1 Å². The summed E-state index contributed by atoms with van der Waals surface area (Å²) in [4.78, 5) is 47.4. The Kier molecular flexibility index (Phi) is 8.52. The monoisotopic (exact) mass is 438 g/mol. The first kappa shape index (κ1) is 24.3. The van der Waals surface area contributed by atoms with E-state index in [4.69, 9.17) is 23.7 Å². The lowest BCUT2D eigenvalue weighted by molar-refractivity contribution is -0.300. The van der Waals surface area contributed by atoms with Gasteiger partial charge in [-0.05, 0) is 18.1 Å². The highest BCUT2D eigenvalue weighted by atomic mass is 16.7. The normalized spacial score (nSPS) is 25.3. The molecule has 1 aliphatic heterocycles. The van der Waals surface area contributed by atoms with Crippen LogP contribution in [-0.2, 0) is 49.3 Å². The van der Waals surface area contributed by atoms with Crippen LogP contribution < -0.4 is 0 Å². The van der Waals surface area contributed by atoms with E-state index >= 15 is 0 Å². The van der Waals surface area contributed by atoms with Gasteiger partial charge in [0.05, 0.1) is 13.0 Å². The van der Waals surface area contributed by atoms with Crippen molar-refractivity contribution in [2.24, 2.45) is 0 Å². The number of aliphatic hydroxyl groups is 1. The molecular formula is C21H26O10. The molecular weight excluding hydrogens is 412 g/mol. The fraction of sp³-hybridized carbons (Fsp3) is 0.524. The maximum atomic E-state index is 12.5. The Hall–Kier alpha value is -2.98. The Morgan fingerprint density at radius 2 is 1.42 bits per heavy atom.